The highest BCUT2D eigenvalue weighted by atomic mass is 16.5. The minimum atomic E-state index is -0.196. The highest BCUT2D eigenvalue weighted by molar-refractivity contribution is 6.13. The molecule has 0 aliphatic carbocycles. The van der Waals surface area contributed by atoms with Crippen molar-refractivity contribution in [2.75, 3.05) is 14.2 Å². The Labute approximate surface area is 99.5 Å². The number of ether oxygens (including phenoxy) is 1. The first kappa shape index (κ1) is 11.4. The van der Waals surface area contributed by atoms with E-state index in [1.165, 1.54) is 18.9 Å². The molecule has 0 radical (unpaired) electrons. The molecular weight excluding hydrogens is 218 g/mol. The number of hydrogen-bond acceptors (Lipinski definition) is 3. The van der Waals surface area contributed by atoms with Crippen molar-refractivity contribution < 1.29 is 14.3 Å². The van der Waals surface area contributed by atoms with E-state index in [1.54, 1.807) is 19.2 Å². The van der Waals surface area contributed by atoms with Crippen LogP contribution >= 0.6 is 0 Å². The molecule has 88 valence electrons. The number of ketones is 1. The van der Waals surface area contributed by atoms with Gasteiger partial charge in [-0.05, 0) is 6.07 Å². The Hall–Kier alpha value is -2.10. The van der Waals surface area contributed by atoms with Crippen LogP contribution in [-0.4, -0.2) is 30.7 Å². The summed E-state index contributed by atoms with van der Waals surface area (Å²) < 4.78 is 5.11. The van der Waals surface area contributed by atoms with Gasteiger partial charge >= 0.3 is 0 Å². The van der Waals surface area contributed by atoms with Gasteiger partial charge in [0.25, 0.3) is 5.91 Å². The molecule has 0 bridgehead atoms. The molecule has 0 spiro atoms. The van der Waals surface area contributed by atoms with Crippen LogP contribution in [-0.2, 0) is 9.53 Å². The van der Waals surface area contributed by atoms with Crippen molar-refractivity contribution in [2.24, 2.45) is 0 Å². The van der Waals surface area contributed by atoms with Gasteiger partial charge in [-0.2, -0.15) is 0 Å². The van der Waals surface area contributed by atoms with Crippen LogP contribution in [0.15, 0.2) is 30.0 Å². The van der Waals surface area contributed by atoms with E-state index < -0.39 is 0 Å². The van der Waals surface area contributed by atoms with Crippen molar-refractivity contribution in [1.29, 1.82) is 0 Å². The van der Waals surface area contributed by atoms with Gasteiger partial charge in [-0.25, -0.2) is 0 Å². The fourth-order valence-electron chi connectivity index (χ4n) is 2.02. The number of fused-ring (bicyclic) bond motifs is 1. The summed E-state index contributed by atoms with van der Waals surface area (Å²) in [6.07, 6.45) is 0. The van der Waals surface area contributed by atoms with Crippen LogP contribution in [0.1, 0.15) is 22.8 Å². The number of nitrogens with zero attached hydrogens (tertiary/aromatic N) is 1. The Morgan fingerprint density at radius 3 is 2.35 bits per heavy atom. The lowest BCUT2D eigenvalue weighted by Gasteiger charge is -2.14. The van der Waals surface area contributed by atoms with Gasteiger partial charge in [0.15, 0.2) is 11.5 Å². The zero-order valence-electron chi connectivity index (χ0n) is 9.98. The smallest absolute Gasteiger partial charge is 0.258 e. The van der Waals surface area contributed by atoms with E-state index in [-0.39, 0.29) is 17.4 Å². The van der Waals surface area contributed by atoms with Crippen LogP contribution in [0.4, 0.5) is 0 Å². The lowest BCUT2D eigenvalue weighted by molar-refractivity contribution is -0.116. The lowest BCUT2D eigenvalue weighted by Crippen LogP contribution is -2.20. The molecule has 1 aromatic rings. The molecule has 4 nitrogen and oxygen atoms in total. The minimum absolute atomic E-state index is 0.119. The van der Waals surface area contributed by atoms with Crippen LogP contribution < -0.4 is 0 Å². The molecule has 4 heteroatoms. The Morgan fingerprint density at radius 1 is 1.24 bits per heavy atom. The van der Waals surface area contributed by atoms with Crippen molar-refractivity contribution in [2.45, 2.75) is 6.92 Å². The maximum atomic E-state index is 12.0. The number of benzene rings is 1. The summed E-state index contributed by atoms with van der Waals surface area (Å²) in [4.78, 5) is 24.9. The molecule has 1 aliphatic rings. The first-order valence-corrected chi connectivity index (χ1v) is 5.24. The predicted octanol–water partition coefficient (Wildman–Crippen LogP) is 1.68. The maximum Gasteiger partial charge on any atom is 0.258 e. The summed E-state index contributed by atoms with van der Waals surface area (Å²) in [7, 11) is 3.07. The summed E-state index contributed by atoms with van der Waals surface area (Å²) in [5, 5.41) is 0. The van der Waals surface area contributed by atoms with Crippen molar-refractivity contribution >= 4 is 17.4 Å². The molecule has 0 atom stereocenters. The van der Waals surface area contributed by atoms with Crippen molar-refractivity contribution in [3.8, 4) is 0 Å². The van der Waals surface area contributed by atoms with E-state index in [2.05, 4.69) is 0 Å². The fraction of sp³-hybridized carbons (Fsp3) is 0.231. The summed E-state index contributed by atoms with van der Waals surface area (Å²) in [5.41, 5.74) is 1.88. The summed E-state index contributed by atoms with van der Waals surface area (Å²) in [6, 6.07) is 7.19. The van der Waals surface area contributed by atoms with Crippen molar-refractivity contribution in [1.82, 2.24) is 4.90 Å². The summed E-state index contributed by atoms with van der Waals surface area (Å²) >= 11 is 0. The minimum Gasteiger partial charge on any atom is -0.491 e. The van der Waals surface area contributed by atoms with Gasteiger partial charge in [0.2, 0.25) is 0 Å². The van der Waals surface area contributed by atoms with Crippen LogP contribution in [0.2, 0.25) is 0 Å². The molecule has 1 aromatic carbocycles. The standard InChI is InChI=1S/C13H13NO3/c1-8(15)12(17-3)11-9-6-4-5-7-10(9)13(16)14(11)2/h4-7H,1-3H3/b12-11-. The second-order valence-corrected chi connectivity index (χ2v) is 3.85. The van der Waals surface area contributed by atoms with Crippen LogP contribution in [0, 0.1) is 0 Å². The van der Waals surface area contributed by atoms with E-state index in [0.717, 1.165) is 5.56 Å². The summed E-state index contributed by atoms with van der Waals surface area (Å²) in [6.45, 7) is 1.42. The zero-order chi connectivity index (χ0) is 12.6. The molecule has 1 amide bonds. The van der Waals surface area contributed by atoms with Gasteiger partial charge < -0.3 is 9.64 Å². The number of amides is 1. The van der Waals surface area contributed by atoms with E-state index in [9.17, 15) is 9.59 Å². The SMILES string of the molecule is CO/C(C(C)=O)=C1/c2ccccc2C(=O)N1C. The third-order valence-electron chi connectivity index (χ3n) is 2.79. The number of methoxy groups -OCH3 is 1. The molecule has 0 saturated heterocycles. The Bertz CT molecular complexity index is 531. The second kappa shape index (κ2) is 4.05. The topological polar surface area (TPSA) is 46.6 Å². The third-order valence-corrected chi connectivity index (χ3v) is 2.79. The molecule has 17 heavy (non-hydrogen) atoms. The second-order valence-electron chi connectivity index (χ2n) is 3.85. The highest BCUT2D eigenvalue weighted by Gasteiger charge is 2.33. The van der Waals surface area contributed by atoms with Gasteiger partial charge in [-0.1, -0.05) is 18.2 Å². The number of carbonyl (C=O) groups is 2. The van der Waals surface area contributed by atoms with E-state index in [1.807, 2.05) is 12.1 Å². The number of allylic oxidation sites excluding steroid dienone is 1. The highest BCUT2D eigenvalue weighted by Crippen LogP contribution is 2.33. The predicted molar refractivity (Wildman–Crippen MR) is 63.1 cm³/mol. The Balaban J connectivity index is 2.72. The van der Waals surface area contributed by atoms with Crippen molar-refractivity contribution in [3.05, 3.63) is 41.2 Å². The largest absolute Gasteiger partial charge is 0.491 e. The normalized spacial score (nSPS) is 16.9. The third kappa shape index (κ3) is 1.62. The Morgan fingerprint density at radius 2 is 1.82 bits per heavy atom. The van der Waals surface area contributed by atoms with Gasteiger partial charge in [0.1, 0.15) is 0 Å². The summed E-state index contributed by atoms with van der Waals surface area (Å²) in [5.74, 6) is -0.101. The van der Waals surface area contributed by atoms with E-state index in [0.29, 0.717) is 11.3 Å². The van der Waals surface area contributed by atoms with Crippen molar-refractivity contribution in [3.63, 3.8) is 0 Å². The molecule has 1 aliphatic heterocycles. The first-order chi connectivity index (χ1) is 8.07. The molecule has 0 saturated carbocycles. The number of Topliss-reactive ketones (excluding diaryl/α,β-unsaturated/α-hetero) is 1. The molecule has 0 aromatic heterocycles. The number of rotatable bonds is 2. The molecule has 0 N–H and O–H groups in total. The average molecular weight is 231 g/mol. The maximum absolute atomic E-state index is 12.0. The van der Waals surface area contributed by atoms with Gasteiger partial charge in [0, 0.05) is 25.1 Å². The zero-order valence-corrected chi connectivity index (χ0v) is 9.98. The van der Waals surface area contributed by atoms with E-state index in [4.69, 9.17) is 4.74 Å². The van der Waals surface area contributed by atoms with Gasteiger partial charge in [-0.3, -0.25) is 9.59 Å². The van der Waals surface area contributed by atoms with Gasteiger partial charge in [-0.15, -0.1) is 0 Å². The van der Waals surface area contributed by atoms with Crippen LogP contribution in [0.5, 0.6) is 0 Å². The molecule has 2 rings (SSSR count). The Kier molecular flexibility index (Phi) is 2.71. The number of hydrogen-bond donors (Lipinski definition) is 0. The molecule has 0 unspecified atom stereocenters. The first-order valence-electron chi connectivity index (χ1n) is 5.24. The average Bonchev–Trinajstić information content (AvgIpc) is 2.56. The lowest BCUT2D eigenvalue weighted by atomic mass is 10.1. The van der Waals surface area contributed by atoms with E-state index >= 15 is 0 Å². The number of carbonyl (C=O) groups excluding carboxylic acids is 2. The molecule has 1 heterocycles. The monoisotopic (exact) mass is 231 g/mol. The fourth-order valence-corrected chi connectivity index (χ4v) is 2.02. The van der Waals surface area contributed by atoms with Crippen LogP contribution in [0.25, 0.3) is 5.70 Å². The van der Waals surface area contributed by atoms with Crippen LogP contribution in [0.3, 0.4) is 0 Å². The molecular formula is C13H13NO3. The quantitative estimate of drug-likeness (QED) is 0.574. The molecule has 0 fully saturated rings. The van der Waals surface area contributed by atoms with Gasteiger partial charge in [0.05, 0.1) is 12.8 Å².